The average molecular weight is 227 g/mol. The first kappa shape index (κ1) is 12.3. The van der Waals surface area contributed by atoms with Crippen LogP contribution in [-0.4, -0.2) is 74.9 Å². The Labute approximate surface area is 98.9 Å². The third kappa shape index (κ3) is 2.94. The van der Waals surface area contributed by atoms with Crippen molar-refractivity contribution in [3.05, 3.63) is 0 Å². The van der Waals surface area contributed by atoms with Crippen molar-refractivity contribution in [1.29, 1.82) is 0 Å². The van der Waals surface area contributed by atoms with Crippen molar-refractivity contribution in [1.82, 2.24) is 15.1 Å². The van der Waals surface area contributed by atoms with Crippen LogP contribution in [0.4, 0.5) is 0 Å². The molecule has 1 N–H and O–H groups in total. The zero-order valence-corrected chi connectivity index (χ0v) is 10.6. The van der Waals surface area contributed by atoms with E-state index in [0.29, 0.717) is 12.1 Å². The number of ether oxygens (including phenoxy) is 1. The molecule has 0 aromatic rings. The van der Waals surface area contributed by atoms with Gasteiger partial charge in [-0.1, -0.05) is 6.92 Å². The smallest absolute Gasteiger partial charge is 0.0637 e. The van der Waals surface area contributed by atoms with Gasteiger partial charge in [-0.15, -0.1) is 0 Å². The summed E-state index contributed by atoms with van der Waals surface area (Å²) in [7, 11) is 2.20. The maximum absolute atomic E-state index is 5.64. The molecule has 2 aliphatic heterocycles. The average Bonchev–Trinajstić information content (AvgIpc) is 2.32. The third-order valence-electron chi connectivity index (χ3n) is 3.80. The summed E-state index contributed by atoms with van der Waals surface area (Å²) in [6.45, 7) is 9.83. The Balaban J connectivity index is 1.89. The summed E-state index contributed by atoms with van der Waals surface area (Å²) in [5.74, 6) is 0. The number of piperazine rings is 1. The lowest BCUT2D eigenvalue weighted by molar-refractivity contribution is -0.0170. The fraction of sp³-hybridized carbons (Fsp3) is 1.00. The van der Waals surface area contributed by atoms with Gasteiger partial charge in [-0.05, 0) is 20.0 Å². The lowest BCUT2D eigenvalue weighted by Crippen LogP contribution is -2.59. The molecule has 2 rings (SSSR count). The summed E-state index contributed by atoms with van der Waals surface area (Å²) in [5, 5.41) is 3.61. The Morgan fingerprint density at radius 3 is 2.69 bits per heavy atom. The Hall–Kier alpha value is -0.160. The van der Waals surface area contributed by atoms with E-state index in [9.17, 15) is 0 Å². The summed E-state index contributed by atoms with van der Waals surface area (Å²) in [6.07, 6.45) is 1.16. The van der Waals surface area contributed by atoms with Gasteiger partial charge in [-0.25, -0.2) is 0 Å². The minimum atomic E-state index is 0.586. The van der Waals surface area contributed by atoms with Gasteiger partial charge in [0.1, 0.15) is 0 Å². The predicted molar refractivity (Wildman–Crippen MR) is 65.8 cm³/mol. The summed E-state index contributed by atoms with van der Waals surface area (Å²) in [4.78, 5) is 5.01. The zero-order chi connectivity index (χ0) is 11.4. The SMILES string of the molecule is CCNC1CCOCC1N1CCN(C)CC1. The first-order chi connectivity index (χ1) is 7.81. The summed E-state index contributed by atoms with van der Waals surface area (Å²) >= 11 is 0. The number of hydrogen-bond donors (Lipinski definition) is 1. The van der Waals surface area contributed by atoms with Crippen LogP contribution in [0.25, 0.3) is 0 Å². The topological polar surface area (TPSA) is 27.7 Å². The van der Waals surface area contributed by atoms with Gasteiger partial charge >= 0.3 is 0 Å². The Morgan fingerprint density at radius 2 is 2.00 bits per heavy atom. The molecule has 4 heteroatoms. The number of hydrogen-bond acceptors (Lipinski definition) is 4. The van der Waals surface area contributed by atoms with E-state index >= 15 is 0 Å². The second-order valence-electron chi connectivity index (χ2n) is 4.93. The maximum Gasteiger partial charge on any atom is 0.0637 e. The van der Waals surface area contributed by atoms with Gasteiger partial charge in [-0.2, -0.15) is 0 Å². The molecule has 2 atom stereocenters. The van der Waals surface area contributed by atoms with E-state index in [1.54, 1.807) is 0 Å². The second kappa shape index (κ2) is 5.96. The highest BCUT2D eigenvalue weighted by atomic mass is 16.5. The number of nitrogens with zero attached hydrogens (tertiary/aromatic N) is 2. The Morgan fingerprint density at radius 1 is 1.25 bits per heavy atom. The molecule has 0 aliphatic carbocycles. The molecule has 0 bridgehead atoms. The van der Waals surface area contributed by atoms with E-state index in [2.05, 4.69) is 29.1 Å². The van der Waals surface area contributed by atoms with Gasteiger partial charge in [0.25, 0.3) is 0 Å². The van der Waals surface area contributed by atoms with Crippen LogP contribution in [0.3, 0.4) is 0 Å². The third-order valence-corrected chi connectivity index (χ3v) is 3.80. The van der Waals surface area contributed by atoms with E-state index in [0.717, 1.165) is 26.2 Å². The molecular weight excluding hydrogens is 202 g/mol. The van der Waals surface area contributed by atoms with E-state index in [4.69, 9.17) is 4.74 Å². The van der Waals surface area contributed by atoms with Crippen LogP contribution >= 0.6 is 0 Å². The molecule has 2 saturated heterocycles. The molecule has 4 nitrogen and oxygen atoms in total. The van der Waals surface area contributed by atoms with E-state index in [-0.39, 0.29) is 0 Å². The molecule has 0 aromatic carbocycles. The van der Waals surface area contributed by atoms with Gasteiger partial charge in [0.2, 0.25) is 0 Å². The highest BCUT2D eigenvalue weighted by Crippen LogP contribution is 2.16. The first-order valence-corrected chi connectivity index (χ1v) is 6.55. The largest absolute Gasteiger partial charge is 0.380 e. The van der Waals surface area contributed by atoms with Crippen LogP contribution in [0.15, 0.2) is 0 Å². The molecule has 0 amide bonds. The van der Waals surface area contributed by atoms with Crippen LogP contribution in [0.1, 0.15) is 13.3 Å². The van der Waals surface area contributed by atoms with E-state index in [1.165, 1.54) is 26.2 Å². The highest BCUT2D eigenvalue weighted by Gasteiger charge is 2.31. The van der Waals surface area contributed by atoms with Gasteiger partial charge in [0, 0.05) is 44.9 Å². The minimum Gasteiger partial charge on any atom is -0.380 e. The van der Waals surface area contributed by atoms with Crippen molar-refractivity contribution in [2.45, 2.75) is 25.4 Å². The molecule has 0 aromatic heterocycles. The lowest BCUT2D eigenvalue weighted by atomic mass is 10.0. The van der Waals surface area contributed by atoms with E-state index < -0.39 is 0 Å². The molecule has 2 aliphatic rings. The highest BCUT2D eigenvalue weighted by molar-refractivity contribution is 4.89. The number of nitrogens with one attached hydrogen (secondary N) is 1. The molecular formula is C12H25N3O. The van der Waals surface area contributed by atoms with Crippen molar-refractivity contribution in [3.8, 4) is 0 Å². The van der Waals surface area contributed by atoms with Crippen molar-refractivity contribution < 1.29 is 4.74 Å². The fourth-order valence-corrected chi connectivity index (χ4v) is 2.74. The minimum absolute atomic E-state index is 0.586. The second-order valence-corrected chi connectivity index (χ2v) is 4.93. The molecule has 0 radical (unpaired) electrons. The summed E-state index contributed by atoms with van der Waals surface area (Å²) in [5.41, 5.74) is 0. The normalized spacial score (nSPS) is 34.1. The molecule has 94 valence electrons. The molecule has 0 saturated carbocycles. The summed E-state index contributed by atoms with van der Waals surface area (Å²) < 4.78 is 5.64. The zero-order valence-electron chi connectivity index (χ0n) is 10.6. The first-order valence-electron chi connectivity index (χ1n) is 6.55. The van der Waals surface area contributed by atoms with Crippen molar-refractivity contribution >= 4 is 0 Å². The standard InChI is InChI=1S/C12H25N3O/c1-3-13-11-4-9-16-10-12(11)15-7-5-14(2)6-8-15/h11-13H,3-10H2,1-2H3. The van der Waals surface area contributed by atoms with Gasteiger partial charge in [0.15, 0.2) is 0 Å². The monoisotopic (exact) mass is 227 g/mol. The quantitative estimate of drug-likeness (QED) is 0.734. The molecule has 0 spiro atoms. The molecule has 2 heterocycles. The van der Waals surface area contributed by atoms with Gasteiger partial charge in [-0.3, -0.25) is 4.90 Å². The van der Waals surface area contributed by atoms with Gasteiger partial charge < -0.3 is 15.0 Å². The van der Waals surface area contributed by atoms with Crippen LogP contribution in [0.2, 0.25) is 0 Å². The molecule has 2 fully saturated rings. The van der Waals surface area contributed by atoms with Crippen LogP contribution < -0.4 is 5.32 Å². The number of rotatable bonds is 3. The van der Waals surface area contributed by atoms with Crippen molar-refractivity contribution in [3.63, 3.8) is 0 Å². The molecule has 16 heavy (non-hydrogen) atoms. The fourth-order valence-electron chi connectivity index (χ4n) is 2.74. The van der Waals surface area contributed by atoms with E-state index in [1.807, 2.05) is 0 Å². The lowest BCUT2D eigenvalue weighted by Gasteiger charge is -2.43. The van der Waals surface area contributed by atoms with Crippen molar-refractivity contribution in [2.75, 3.05) is 53.0 Å². The van der Waals surface area contributed by atoms with Crippen LogP contribution in [0.5, 0.6) is 0 Å². The predicted octanol–water partition coefficient (Wildman–Crippen LogP) is 0.000800. The maximum atomic E-state index is 5.64. The van der Waals surface area contributed by atoms with Crippen LogP contribution in [-0.2, 0) is 4.74 Å². The van der Waals surface area contributed by atoms with Crippen LogP contribution in [0, 0.1) is 0 Å². The Bertz CT molecular complexity index is 202. The van der Waals surface area contributed by atoms with Gasteiger partial charge in [0.05, 0.1) is 6.61 Å². The van der Waals surface area contributed by atoms with Crippen molar-refractivity contribution in [2.24, 2.45) is 0 Å². The summed E-state index contributed by atoms with van der Waals surface area (Å²) in [6, 6.07) is 1.21. The number of likely N-dealkylation sites (N-methyl/N-ethyl adjacent to an activating group) is 2. The molecule has 2 unspecified atom stereocenters. The Kier molecular flexibility index (Phi) is 4.58.